The van der Waals surface area contributed by atoms with Crippen LogP contribution in [0.3, 0.4) is 0 Å². The Morgan fingerprint density at radius 3 is 2.67 bits per heavy atom. The van der Waals surface area contributed by atoms with Crippen molar-refractivity contribution < 1.29 is 4.79 Å². The molecule has 0 aliphatic rings. The molecule has 0 radical (unpaired) electrons. The number of carbonyl (C=O) groups is 1. The molecule has 2 aromatic rings. The Bertz CT molecular complexity index is 660. The molecule has 0 saturated heterocycles. The SMILES string of the molecule is CCCN(C(=O)c1ccc(Br)c(Cl)c1)c1cccc(N)c1. The van der Waals surface area contributed by atoms with Crippen LogP contribution >= 0.6 is 27.5 Å². The molecule has 0 aliphatic heterocycles. The molecule has 5 heteroatoms. The van der Waals surface area contributed by atoms with Crippen LogP contribution in [0.25, 0.3) is 0 Å². The molecular weight excluding hydrogens is 352 g/mol. The van der Waals surface area contributed by atoms with Crippen LogP contribution in [0.1, 0.15) is 23.7 Å². The lowest BCUT2D eigenvalue weighted by molar-refractivity contribution is 0.0987. The molecule has 2 N–H and O–H groups in total. The number of nitrogen functional groups attached to an aromatic ring is 1. The zero-order valence-corrected chi connectivity index (χ0v) is 14.0. The van der Waals surface area contributed by atoms with Crippen LogP contribution in [-0.2, 0) is 0 Å². The van der Waals surface area contributed by atoms with Crippen molar-refractivity contribution in [2.45, 2.75) is 13.3 Å². The summed E-state index contributed by atoms with van der Waals surface area (Å²) in [5.41, 5.74) is 7.79. The van der Waals surface area contributed by atoms with Gasteiger partial charge in [0.15, 0.2) is 0 Å². The van der Waals surface area contributed by atoms with Crippen molar-refractivity contribution in [3.05, 3.63) is 57.5 Å². The zero-order valence-electron chi connectivity index (χ0n) is 11.6. The molecular formula is C16H16BrClN2O. The van der Waals surface area contributed by atoms with Crippen molar-refractivity contribution in [3.8, 4) is 0 Å². The molecule has 0 unspecified atom stereocenters. The average molecular weight is 368 g/mol. The number of anilines is 2. The van der Waals surface area contributed by atoms with E-state index in [4.69, 9.17) is 17.3 Å². The fourth-order valence-electron chi connectivity index (χ4n) is 2.05. The second-order valence-electron chi connectivity index (χ2n) is 4.68. The molecule has 0 heterocycles. The molecule has 21 heavy (non-hydrogen) atoms. The molecule has 2 rings (SSSR count). The Hall–Kier alpha value is -1.52. The number of amides is 1. The molecule has 1 amide bonds. The van der Waals surface area contributed by atoms with E-state index in [1.165, 1.54) is 0 Å². The van der Waals surface area contributed by atoms with Gasteiger partial charge in [0, 0.05) is 28.0 Å². The topological polar surface area (TPSA) is 46.3 Å². The number of rotatable bonds is 4. The van der Waals surface area contributed by atoms with Crippen LogP contribution < -0.4 is 10.6 Å². The van der Waals surface area contributed by atoms with E-state index < -0.39 is 0 Å². The maximum Gasteiger partial charge on any atom is 0.258 e. The summed E-state index contributed by atoms with van der Waals surface area (Å²) in [4.78, 5) is 14.4. The molecule has 2 aromatic carbocycles. The molecule has 0 aliphatic carbocycles. The second kappa shape index (κ2) is 6.96. The summed E-state index contributed by atoms with van der Waals surface area (Å²) >= 11 is 9.40. The van der Waals surface area contributed by atoms with E-state index in [0.29, 0.717) is 22.8 Å². The summed E-state index contributed by atoms with van der Waals surface area (Å²) in [7, 11) is 0. The van der Waals surface area contributed by atoms with Crippen LogP contribution in [0, 0.1) is 0 Å². The molecule has 3 nitrogen and oxygen atoms in total. The summed E-state index contributed by atoms with van der Waals surface area (Å²) in [5, 5.41) is 0.518. The van der Waals surface area contributed by atoms with E-state index in [0.717, 1.165) is 16.6 Å². The van der Waals surface area contributed by atoms with E-state index in [1.807, 2.05) is 19.1 Å². The molecule has 0 spiro atoms. The lowest BCUT2D eigenvalue weighted by Crippen LogP contribution is -2.31. The van der Waals surface area contributed by atoms with E-state index in [1.54, 1.807) is 35.2 Å². The fourth-order valence-corrected chi connectivity index (χ4v) is 2.48. The average Bonchev–Trinajstić information content (AvgIpc) is 2.47. The van der Waals surface area contributed by atoms with E-state index in [9.17, 15) is 4.79 Å². The van der Waals surface area contributed by atoms with Gasteiger partial charge in [0.2, 0.25) is 0 Å². The first-order valence-electron chi connectivity index (χ1n) is 6.65. The van der Waals surface area contributed by atoms with Gasteiger partial charge in [0.25, 0.3) is 5.91 Å². The third kappa shape index (κ3) is 3.77. The monoisotopic (exact) mass is 366 g/mol. The van der Waals surface area contributed by atoms with Gasteiger partial charge in [-0.25, -0.2) is 0 Å². The highest BCUT2D eigenvalue weighted by Gasteiger charge is 2.18. The van der Waals surface area contributed by atoms with Crippen molar-refractivity contribution in [3.63, 3.8) is 0 Å². The highest BCUT2D eigenvalue weighted by molar-refractivity contribution is 9.10. The van der Waals surface area contributed by atoms with Crippen molar-refractivity contribution in [2.75, 3.05) is 17.2 Å². The summed E-state index contributed by atoms with van der Waals surface area (Å²) in [6, 6.07) is 12.5. The third-order valence-corrected chi connectivity index (χ3v) is 4.27. The molecule has 0 atom stereocenters. The van der Waals surface area contributed by atoms with Gasteiger partial charge in [0.05, 0.1) is 5.02 Å². The van der Waals surface area contributed by atoms with Crippen LogP contribution in [0.5, 0.6) is 0 Å². The number of hydrogen-bond acceptors (Lipinski definition) is 2. The van der Waals surface area contributed by atoms with Crippen LogP contribution in [0.15, 0.2) is 46.9 Å². The lowest BCUT2D eigenvalue weighted by Gasteiger charge is -2.23. The number of carbonyl (C=O) groups excluding carboxylic acids is 1. The van der Waals surface area contributed by atoms with Crippen LogP contribution in [0.2, 0.25) is 5.02 Å². The summed E-state index contributed by atoms with van der Waals surface area (Å²) in [6.45, 7) is 2.65. The van der Waals surface area contributed by atoms with Crippen LogP contribution in [-0.4, -0.2) is 12.5 Å². The molecule has 0 bridgehead atoms. The van der Waals surface area contributed by atoms with E-state index >= 15 is 0 Å². The third-order valence-electron chi connectivity index (χ3n) is 3.04. The van der Waals surface area contributed by atoms with Crippen molar-refractivity contribution in [1.29, 1.82) is 0 Å². The Morgan fingerprint density at radius 1 is 1.29 bits per heavy atom. The Balaban J connectivity index is 2.37. The second-order valence-corrected chi connectivity index (χ2v) is 5.94. The number of halogens is 2. The van der Waals surface area contributed by atoms with Gasteiger partial charge in [-0.3, -0.25) is 4.79 Å². The number of nitrogens with zero attached hydrogens (tertiary/aromatic N) is 1. The summed E-state index contributed by atoms with van der Waals surface area (Å²) in [6.07, 6.45) is 0.852. The van der Waals surface area contributed by atoms with Crippen LogP contribution in [0.4, 0.5) is 11.4 Å². The molecule has 110 valence electrons. The smallest absolute Gasteiger partial charge is 0.258 e. The van der Waals surface area contributed by atoms with Crippen molar-refractivity contribution in [2.24, 2.45) is 0 Å². The Labute approximate surface area is 137 Å². The van der Waals surface area contributed by atoms with E-state index in [2.05, 4.69) is 15.9 Å². The highest BCUT2D eigenvalue weighted by Crippen LogP contribution is 2.26. The minimum atomic E-state index is -0.0862. The standard InChI is InChI=1S/C16H16BrClN2O/c1-2-8-20(13-5-3-4-12(19)10-13)16(21)11-6-7-14(17)15(18)9-11/h3-7,9-10H,2,8,19H2,1H3. The van der Waals surface area contributed by atoms with Gasteiger partial charge < -0.3 is 10.6 Å². The minimum absolute atomic E-state index is 0.0862. The van der Waals surface area contributed by atoms with Crippen molar-refractivity contribution in [1.82, 2.24) is 0 Å². The maximum absolute atomic E-state index is 12.7. The number of nitrogens with two attached hydrogens (primary N) is 1. The zero-order chi connectivity index (χ0) is 15.4. The van der Waals surface area contributed by atoms with Gasteiger partial charge in [-0.05, 0) is 58.7 Å². The predicted molar refractivity (Wildman–Crippen MR) is 92.0 cm³/mol. The first-order valence-corrected chi connectivity index (χ1v) is 7.82. The van der Waals surface area contributed by atoms with Gasteiger partial charge in [0.1, 0.15) is 0 Å². The van der Waals surface area contributed by atoms with E-state index in [-0.39, 0.29) is 5.91 Å². The Kier molecular flexibility index (Phi) is 5.26. The number of benzene rings is 2. The maximum atomic E-state index is 12.7. The summed E-state index contributed by atoms with van der Waals surface area (Å²) < 4.78 is 0.770. The predicted octanol–water partition coefficient (Wildman–Crippen LogP) is 4.74. The molecule has 0 fully saturated rings. The van der Waals surface area contributed by atoms with Gasteiger partial charge in [-0.15, -0.1) is 0 Å². The first kappa shape index (κ1) is 15.9. The fraction of sp³-hybridized carbons (Fsp3) is 0.188. The van der Waals surface area contributed by atoms with Gasteiger partial charge >= 0.3 is 0 Å². The Morgan fingerprint density at radius 2 is 2.05 bits per heavy atom. The molecule has 0 aromatic heterocycles. The normalized spacial score (nSPS) is 10.4. The quantitative estimate of drug-likeness (QED) is 0.793. The summed E-state index contributed by atoms with van der Waals surface area (Å²) in [5.74, 6) is -0.0862. The van der Waals surface area contributed by atoms with Gasteiger partial charge in [-0.2, -0.15) is 0 Å². The van der Waals surface area contributed by atoms with Crippen molar-refractivity contribution >= 4 is 44.8 Å². The molecule has 0 saturated carbocycles. The lowest BCUT2D eigenvalue weighted by atomic mass is 10.1. The minimum Gasteiger partial charge on any atom is -0.399 e. The highest BCUT2D eigenvalue weighted by atomic mass is 79.9. The first-order chi connectivity index (χ1) is 10.0. The largest absolute Gasteiger partial charge is 0.399 e. The number of hydrogen-bond donors (Lipinski definition) is 1. The van der Waals surface area contributed by atoms with Gasteiger partial charge in [-0.1, -0.05) is 24.6 Å².